The number of nitrogens with zero attached hydrogens (tertiary/aromatic N) is 3. The molecule has 1 aromatic heterocycles. The maximum atomic E-state index is 12.6. The predicted molar refractivity (Wildman–Crippen MR) is 170 cm³/mol. The number of phenolic OH excluding ortho intramolecular Hbond substituents is 1. The standard InChI is InChI=1S/C24H21N3O4S.C7H6O2.CH2O2/c1-27(24-26-20-6-4-5-7-22(20)32-24)25-15-17-14-19(30-3)12-13-21(17)31-23(28)16-8-10-18(29-2)11-9-16;8-5-6-1-3-7(9)4-2-6;2-1-3/h4-15H,1-3H3;1-5,9H;1H,(H,2,3)/p+1/b25-15+;;. The summed E-state index contributed by atoms with van der Waals surface area (Å²) in [5.41, 5.74) is 2.51. The number of hydrogen-bond acceptors (Lipinski definition) is 11. The Bertz CT molecular complexity index is 1670. The van der Waals surface area contributed by atoms with Crippen LogP contribution >= 0.6 is 11.3 Å². The third-order valence-corrected chi connectivity index (χ3v) is 6.81. The number of anilines is 1. The van der Waals surface area contributed by atoms with Crippen molar-refractivity contribution in [3.63, 3.8) is 0 Å². The number of thiazole rings is 1. The number of phenols is 1. The number of para-hydroxylation sites is 1. The third kappa shape index (κ3) is 9.39. The number of aromatic nitrogens is 1. The van der Waals surface area contributed by atoms with E-state index in [0.717, 1.165) is 21.6 Å². The van der Waals surface area contributed by atoms with E-state index < -0.39 is 5.97 Å². The monoisotopic (exact) mass is 616 g/mol. The fourth-order valence-electron chi connectivity index (χ4n) is 3.48. The van der Waals surface area contributed by atoms with Gasteiger partial charge in [-0.1, -0.05) is 23.5 Å². The average molecular weight is 617 g/mol. The number of rotatable bonds is 8. The van der Waals surface area contributed by atoms with Crippen LogP contribution in [0.4, 0.5) is 5.13 Å². The highest BCUT2D eigenvalue weighted by molar-refractivity contribution is 7.22. The lowest BCUT2D eigenvalue weighted by Crippen LogP contribution is -2.11. The lowest BCUT2D eigenvalue weighted by Gasteiger charge is -2.11. The number of methoxy groups -OCH3 is 2. The van der Waals surface area contributed by atoms with Gasteiger partial charge in [0.1, 0.15) is 29.3 Å². The van der Waals surface area contributed by atoms with Gasteiger partial charge in [0, 0.05) is 23.0 Å². The Morgan fingerprint density at radius 2 is 1.57 bits per heavy atom. The number of carbonyl (C=O) groups is 3. The Hall–Kier alpha value is -5.75. The van der Waals surface area contributed by atoms with Gasteiger partial charge >= 0.3 is 12.4 Å². The van der Waals surface area contributed by atoms with Crippen molar-refractivity contribution in [3.05, 3.63) is 108 Å². The van der Waals surface area contributed by atoms with Crippen LogP contribution in [0.25, 0.3) is 10.2 Å². The first-order valence-electron chi connectivity index (χ1n) is 12.8. The van der Waals surface area contributed by atoms with E-state index in [1.165, 1.54) is 12.1 Å². The van der Waals surface area contributed by atoms with E-state index in [9.17, 15) is 9.59 Å². The molecule has 0 aliphatic heterocycles. The number of carbonyl (C=O) groups excluding carboxylic acids is 3. The molecule has 12 heteroatoms. The summed E-state index contributed by atoms with van der Waals surface area (Å²) in [6, 6.07) is 25.9. The zero-order chi connectivity index (χ0) is 31.9. The van der Waals surface area contributed by atoms with Gasteiger partial charge in [0.15, 0.2) is 0 Å². The topological polar surface area (TPSA) is 151 Å². The summed E-state index contributed by atoms with van der Waals surface area (Å²) in [4.78, 5) is 35.7. The maximum absolute atomic E-state index is 12.6. The molecule has 11 nitrogen and oxygen atoms in total. The predicted octanol–water partition coefficient (Wildman–Crippen LogP) is 5.08. The number of hydrogen-bond donors (Lipinski definition) is 1. The zero-order valence-corrected chi connectivity index (χ0v) is 24.9. The molecule has 0 atom stereocenters. The van der Waals surface area contributed by atoms with Crippen molar-refractivity contribution in [2.45, 2.75) is 0 Å². The van der Waals surface area contributed by atoms with Gasteiger partial charge in [-0.2, -0.15) is 5.10 Å². The first-order valence-corrected chi connectivity index (χ1v) is 13.7. The molecule has 0 amide bonds. The van der Waals surface area contributed by atoms with Crippen molar-refractivity contribution in [1.29, 1.82) is 0 Å². The second-order valence-electron chi connectivity index (χ2n) is 8.58. The number of benzene rings is 4. The molecule has 44 heavy (non-hydrogen) atoms. The summed E-state index contributed by atoms with van der Waals surface area (Å²) >= 11 is 1.54. The molecule has 0 saturated heterocycles. The second kappa shape index (κ2) is 16.6. The normalized spacial score (nSPS) is 10.1. The SMILES string of the molecule is COc1ccc(C(=O)Oc2ccc(OC)cc2/C=N/N(C)c2nc3ccccc3s2)cc1.O=C[OH2+].O=Cc1ccc(O)cc1. The molecule has 0 aliphatic carbocycles. The minimum Gasteiger partial charge on any atom is -0.567 e. The van der Waals surface area contributed by atoms with Gasteiger partial charge in [-0.05, 0) is 78.9 Å². The van der Waals surface area contributed by atoms with Crippen LogP contribution in [0, 0.1) is 0 Å². The second-order valence-corrected chi connectivity index (χ2v) is 9.59. The number of aldehydes is 1. The molecule has 5 aromatic rings. The van der Waals surface area contributed by atoms with Gasteiger partial charge in [0.2, 0.25) is 5.13 Å². The smallest absolute Gasteiger partial charge is 0.505 e. The van der Waals surface area contributed by atoms with E-state index in [4.69, 9.17) is 29.2 Å². The van der Waals surface area contributed by atoms with Crippen molar-refractivity contribution in [1.82, 2.24) is 4.98 Å². The highest BCUT2D eigenvalue weighted by Crippen LogP contribution is 2.29. The fraction of sp³-hybridized carbons (Fsp3) is 0.0938. The van der Waals surface area contributed by atoms with Crippen LogP contribution in [0.15, 0.2) is 96.1 Å². The lowest BCUT2D eigenvalue weighted by atomic mass is 10.2. The van der Waals surface area contributed by atoms with E-state index in [1.54, 1.807) is 91.4 Å². The minimum absolute atomic E-state index is 0. The van der Waals surface area contributed by atoms with Gasteiger partial charge in [0.25, 0.3) is 0 Å². The molecule has 226 valence electrons. The van der Waals surface area contributed by atoms with Gasteiger partial charge in [-0.15, -0.1) is 0 Å². The summed E-state index contributed by atoms with van der Waals surface area (Å²) in [5, 5.41) is 21.2. The average Bonchev–Trinajstić information content (AvgIpc) is 3.50. The van der Waals surface area contributed by atoms with Crippen molar-refractivity contribution >= 4 is 51.6 Å². The summed E-state index contributed by atoms with van der Waals surface area (Å²) in [5.74, 6) is 1.36. The van der Waals surface area contributed by atoms with Crippen LogP contribution in [-0.2, 0) is 4.79 Å². The number of fused-ring (bicyclic) bond motifs is 1. The Morgan fingerprint density at radius 3 is 2.18 bits per heavy atom. The first-order chi connectivity index (χ1) is 21.3. The molecule has 3 N–H and O–H groups in total. The molecule has 0 aliphatic rings. The van der Waals surface area contributed by atoms with Gasteiger partial charge in [0.05, 0.1) is 36.2 Å². The van der Waals surface area contributed by atoms with Gasteiger partial charge in [-0.3, -0.25) is 4.79 Å². The maximum Gasteiger partial charge on any atom is 0.505 e. The Kier molecular flexibility index (Phi) is 12.4. The molecule has 0 saturated carbocycles. The molecule has 0 bridgehead atoms. The van der Waals surface area contributed by atoms with Crippen molar-refractivity contribution in [2.24, 2.45) is 5.10 Å². The Labute approximate surface area is 257 Å². The molecule has 0 fully saturated rings. The van der Waals surface area contributed by atoms with Gasteiger partial charge in [-0.25, -0.2) is 14.8 Å². The number of esters is 1. The zero-order valence-electron chi connectivity index (χ0n) is 24.0. The summed E-state index contributed by atoms with van der Waals surface area (Å²) in [6.07, 6.45) is 2.35. The highest BCUT2D eigenvalue weighted by Gasteiger charge is 2.13. The van der Waals surface area contributed by atoms with Crippen LogP contribution in [0.1, 0.15) is 26.3 Å². The molecule has 5 rings (SSSR count). The largest absolute Gasteiger partial charge is 0.567 e. The van der Waals surface area contributed by atoms with Crippen LogP contribution in [-0.4, -0.2) is 61.4 Å². The summed E-state index contributed by atoms with van der Waals surface area (Å²) in [6.45, 7) is 0. The van der Waals surface area contributed by atoms with E-state index in [0.29, 0.717) is 33.9 Å². The van der Waals surface area contributed by atoms with E-state index in [1.807, 2.05) is 31.3 Å². The summed E-state index contributed by atoms with van der Waals surface area (Å²) in [7, 11) is 4.96. The minimum atomic E-state index is -0.480. The van der Waals surface area contributed by atoms with Crippen LogP contribution in [0.3, 0.4) is 0 Å². The Morgan fingerprint density at radius 1 is 0.932 bits per heavy atom. The highest BCUT2D eigenvalue weighted by atomic mass is 32.1. The number of ether oxygens (including phenoxy) is 3. The summed E-state index contributed by atoms with van der Waals surface area (Å²) < 4.78 is 17.2. The van der Waals surface area contributed by atoms with E-state index >= 15 is 0 Å². The Balaban J connectivity index is 0.000000371. The van der Waals surface area contributed by atoms with Crippen LogP contribution < -0.4 is 19.2 Å². The first kappa shape index (κ1) is 32.8. The van der Waals surface area contributed by atoms with Crippen LogP contribution in [0.2, 0.25) is 0 Å². The molecule has 0 radical (unpaired) electrons. The van der Waals surface area contributed by atoms with E-state index in [2.05, 4.69) is 10.1 Å². The van der Waals surface area contributed by atoms with Crippen LogP contribution in [0.5, 0.6) is 23.0 Å². The molecule has 1 heterocycles. The van der Waals surface area contributed by atoms with Gasteiger partial charge < -0.3 is 24.4 Å². The van der Waals surface area contributed by atoms with E-state index in [-0.39, 0.29) is 12.2 Å². The number of aromatic hydroxyl groups is 1. The molecule has 0 spiro atoms. The molecular weight excluding hydrogens is 586 g/mol. The molecule has 0 unspecified atom stereocenters. The molecule has 4 aromatic carbocycles. The quantitative estimate of drug-likeness (QED) is 0.0629. The number of hydrazone groups is 1. The fourth-order valence-corrected chi connectivity index (χ4v) is 4.37. The lowest BCUT2D eigenvalue weighted by molar-refractivity contribution is -0.122. The third-order valence-electron chi connectivity index (χ3n) is 5.70. The van der Waals surface area contributed by atoms with Crippen molar-refractivity contribution in [3.8, 4) is 23.0 Å². The van der Waals surface area contributed by atoms with Crippen molar-refractivity contribution in [2.75, 3.05) is 26.3 Å². The van der Waals surface area contributed by atoms with Crippen molar-refractivity contribution < 1.29 is 38.8 Å². The molecular formula is C32H30N3O8S+.